The topological polar surface area (TPSA) is 57.7 Å². The first kappa shape index (κ1) is 15.8. The molecule has 1 unspecified atom stereocenters. The molecular weight excluding hydrogens is 276 g/mol. The summed E-state index contributed by atoms with van der Waals surface area (Å²) in [7, 11) is -1.02. The highest BCUT2D eigenvalue weighted by atomic mass is 32.2. The van der Waals surface area contributed by atoms with E-state index in [2.05, 4.69) is 0 Å². The first-order chi connectivity index (χ1) is 9.39. The van der Waals surface area contributed by atoms with E-state index in [1.165, 1.54) is 19.3 Å². The minimum atomic E-state index is -2.91. The second-order valence-corrected chi connectivity index (χ2v) is 8.46. The summed E-state index contributed by atoms with van der Waals surface area (Å²) in [6.07, 6.45) is 5.90. The molecule has 116 valence electrons. The molecule has 0 N–H and O–H groups in total. The molecule has 0 bridgehead atoms. The van der Waals surface area contributed by atoms with Gasteiger partial charge in [0.25, 0.3) is 0 Å². The number of carbonyl (C=O) groups excluding carboxylic acids is 1. The van der Waals surface area contributed by atoms with Crippen molar-refractivity contribution in [1.29, 1.82) is 0 Å². The van der Waals surface area contributed by atoms with Gasteiger partial charge in [0.05, 0.1) is 18.1 Å². The molecule has 0 aromatic heterocycles. The number of hydrogen-bond donors (Lipinski definition) is 0. The Morgan fingerprint density at radius 2 is 1.90 bits per heavy atom. The summed E-state index contributed by atoms with van der Waals surface area (Å²) in [5.41, 5.74) is 0. The van der Waals surface area contributed by atoms with Gasteiger partial charge in [-0.15, -0.1) is 0 Å². The fourth-order valence-electron chi connectivity index (χ4n) is 3.23. The highest BCUT2D eigenvalue weighted by molar-refractivity contribution is 7.91. The zero-order valence-electron chi connectivity index (χ0n) is 12.5. The molecular formula is C14H26N2O3S. The summed E-state index contributed by atoms with van der Waals surface area (Å²) < 4.78 is 23.1. The average molecular weight is 302 g/mol. The lowest BCUT2D eigenvalue weighted by Gasteiger charge is -2.36. The largest absolute Gasteiger partial charge is 0.342 e. The van der Waals surface area contributed by atoms with Crippen LogP contribution in [-0.2, 0) is 14.6 Å². The maximum atomic E-state index is 12.4. The van der Waals surface area contributed by atoms with Gasteiger partial charge in [-0.1, -0.05) is 19.3 Å². The van der Waals surface area contributed by atoms with E-state index in [-0.39, 0.29) is 23.5 Å². The van der Waals surface area contributed by atoms with Crippen molar-refractivity contribution in [2.75, 3.05) is 31.6 Å². The zero-order valence-corrected chi connectivity index (χ0v) is 13.4. The van der Waals surface area contributed by atoms with Crippen molar-refractivity contribution < 1.29 is 13.2 Å². The predicted molar refractivity (Wildman–Crippen MR) is 79.3 cm³/mol. The average Bonchev–Trinajstić information content (AvgIpc) is 2.41. The van der Waals surface area contributed by atoms with Crippen molar-refractivity contribution in [3.05, 3.63) is 0 Å². The molecule has 1 aliphatic heterocycles. The van der Waals surface area contributed by atoms with E-state index in [4.69, 9.17) is 0 Å². The van der Waals surface area contributed by atoms with Crippen molar-refractivity contribution in [2.24, 2.45) is 0 Å². The van der Waals surface area contributed by atoms with Gasteiger partial charge in [-0.2, -0.15) is 0 Å². The molecule has 1 saturated carbocycles. The quantitative estimate of drug-likeness (QED) is 0.777. The Hall–Kier alpha value is -0.620. The maximum absolute atomic E-state index is 12.4. The van der Waals surface area contributed by atoms with Crippen LogP contribution >= 0.6 is 0 Å². The predicted octanol–water partition coefficient (Wildman–Crippen LogP) is 0.896. The van der Waals surface area contributed by atoms with Crippen LogP contribution in [0.25, 0.3) is 0 Å². The molecule has 1 saturated heterocycles. The van der Waals surface area contributed by atoms with Gasteiger partial charge in [0.15, 0.2) is 9.84 Å². The van der Waals surface area contributed by atoms with Gasteiger partial charge in [-0.05, 0) is 19.8 Å². The Bertz CT molecular complexity index is 443. The zero-order chi connectivity index (χ0) is 14.8. The highest BCUT2D eigenvalue weighted by Gasteiger charge is 2.31. The van der Waals surface area contributed by atoms with Crippen molar-refractivity contribution in [3.8, 4) is 0 Å². The van der Waals surface area contributed by atoms with Crippen LogP contribution in [0, 0.1) is 0 Å². The van der Waals surface area contributed by atoms with Crippen molar-refractivity contribution in [2.45, 2.75) is 51.1 Å². The summed E-state index contributed by atoms with van der Waals surface area (Å²) in [5, 5.41) is 0. The molecule has 1 aliphatic carbocycles. The van der Waals surface area contributed by atoms with Crippen LogP contribution in [0.4, 0.5) is 0 Å². The molecule has 0 radical (unpaired) electrons. The lowest BCUT2D eigenvalue weighted by Crippen LogP contribution is -2.52. The van der Waals surface area contributed by atoms with Crippen LogP contribution in [0.2, 0.25) is 0 Å². The van der Waals surface area contributed by atoms with E-state index in [0.717, 1.165) is 12.8 Å². The molecule has 2 rings (SSSR count). The van der Waals surface area contributed by atoms with Crippen LogP contribution in [0.5, 0.6) is 0 Å². The molecule has 6 heteroatoms. The molecule has 1 atom stereocenters. The molecule has 2 aliphatic rings. The molecule has 0 aromatic carbocycles. The van der Waals surface area contributed by atoms with Gasteiger partial charge in [0, 0.05) is 25.7 Å². The number of rotatable bonds is 3. The van der Waals surface area contributed by atoms with Gasteiger partial charge >= 0.3 is 0 Å². The highest BCUT2D eigenvalue weighted by Crippen LogP contribution is 2.22. The van der Waals surface area contributed by atoms with E-state index in [0.29, 0.717) is 19.1 Å². The molecule has 0 spiro atoms. The van der Waals surface area contributed by atoms with Crippen molar-refractivity contribution >= 4 is 15.7 Å². The third-order valence-electron chi connectivity index (χ3n) is 4.66. The fourth-order valence-corrected chi connectivity index (χ4v) is 4.85. The summed E-state index contributed by atoms with van der Waals surface area (Å²) in [6.45, 7) is 2.72. The third kappa shape index (κ3) is 3.95. The second kappa shape index (κ2) is 6.43. The van der Waals surface area contributed by atoms with Crippen LogP contribution in [0.3, 0.4) is 0 Å². The molecule has 20 heavy (non-hydrogen) atoms. The van der Waals surface area contributed by atoms with E-state index in [1.54, 1.807) is 0 Å². The number of carbonyl (C=O) groups is 1. The van der Waals surface area contributed by atoms with Crippen LogP contribution < -0.4 is 0 Å². The van der Waals surface area contributed by atoms with E-state index < -0.39 is 9.84 Å². The van der Waals surface area contributed by atoms with Gasteiger partial charge in [-0.3, -0.25) is 9.69 Å². The Morgan fingerprint density at radius 3 is 2.50 bits per heavy atom. The lowest BCUT2D eigenvalue weighted by molar-refractivity contribution is -0.134. The van der Waals surface area contributed by atoms with Crippen LogP contribution in [0.1, 0.15) is 39.0 Å². The van der Waals surface area contributed by atoms with Gasteiger partial charge < -0.3 is 4.90 Å². The van der Waals surface area contributed by atoms with Crippen LogP contribution in [-0.4, -0.2) is 67.9 Å². The summed E-state index contributed by atoms with van der Waals surface area (Å²) in [4.78, 5) is 16.2. The van der Waals surface area contributed by atoms with Crippen LogP contribution in [0.15, 0.2) is 0 Å². The summed E-state index contributed by atoms with van der Waals surface area (Å²) >= 11 is 0. The normalized spacial score (nSPS) is 28.2. The van der Waals surface area contributed by atoms with E-state index in [9.17, 15) is 13.2 Å². The number of nitrogens with zero attached hydrogens (tertiary/aromatic N) is 2. The third-order valence-corrected chi connectivity index (χ3v) is 6.46. The molecule has 5 nitrogen and oxygen atoms in total. The second-order valence-electron chi connectivity index (χ2n) is 6.23. The minimum Gasteiger partial charge on any atom is -0.342 e. The number of likely N-dealkylation sites (N-methyl/N-ethyl adjacent to an activating group) is 1. The number of amides is 1. The fraction of sp³-hybridized carbons (Fsp3) is 0.929. The minimum absolute atomic E-state index is 0.0579. The Kier molecular flexibility index (Phi) is 5.07. The Balaban J connectivity index is 1.87. The smallest absolute Gasteiger partial charge is 0.236 e. The van der Waals surface area contributed by atoms with E-state index in [1.807, 2.05) is 23.8 Å². The summed E-state index contributed by atoms with van der Waals surface area (Å²) in [5.74, 6) is 0.480. The SMILES string of the molecule is CC1CS(=O)(=O)CCN1CC(=O)N(C)C1CCCCC1. The first-order valence-corrected chi connectivity index (χ1v) is 9.41. The van der Waals surface area contributed by atoms with E-state index >= 15 is 0 Å². The monoisotopic (exact) mass is 302 g/mol. The summed E-state index contributed by atoms with van der Waals surface area (Å²) in [6, 6.07) is 0.317. The number of sulfone groups is 1. The maximum Gasteiger partial charge on any atom is 0.236 e. The lowest BCUT2D eigenvalue weighted by atomic mass is 9.94. The molecule has 1 heterocycles. The van der Waals surface area contributed by atoms with Gasteiger partial charge in [-0.25, -0.2) is 8.42 Å². The Labute approximate surface area is 122 Å². The van der Waals surface area contributed by atoms with Gasteiger partial charge in [0.1, 0.15) is 0 Å². The molecule has 0 aromatic rings. The Morgan fingerprint density at radius 1 is 1.25 bits per heavy atom. The van der Waals surface area contributed by atoms with Crippen molar-refractivity contribution in [3.63, 3.8) is 0 Å². The van der Waals surface area contributed by atoms with Gasteiger partial charge in [0.2, 0.25) is 5.91 Å². The number of hydrogen-bond acceptors (Lipinski definition) is 4. The molecule has 1 amide bonds. The van der Waals surface area contributed by atoms with Crippen molar-refractivity contribution in [1.82, 2.24) is 9.80 Å². The standard InChI is InChI=1S/C14H26N2O3S/c1-12-11-20(18,19)9-8-16(12)10-14(17)15(2)13-6-4-3-5-7-13/h12-13H,3-11H2,1-2H3. The molecule has 2 fully saturated rings. The first-order valence-electron chi connectivity index (χ1n) is 7.59.